The zero-order chi connectivity index (χ0) is 19.7. The maximum atomic E-state index is 12.0. The number of anilines is 1. The lowest BCUT2D eigenvalue weighted by atomic mass is 9.96. The Morgan fingerprint density at radius 1 is 1.04 bits per heavy atom. The molecule has 0 atom stereocenters. The van der Waals surface area contributed by atoms with Gasteiger partial charge in [-0.1, -0.05) is 30.3 Å². The van der Waals surface area contributed by atoms with E-state index in [0.29, 0.717) is 30.8 Å². The highest BCUT2D eigenvalue weighted by Crippen LogP contribution is 2.38. The smallest absolute Gasteiger partial charge is 0.253 e. The Morgan fingerprint density at radius 3 is 2.57 bits per heavy atom. The summed E-state index contributed by atoms with van der Waals surface area (Å²) in [6, 6.07) is 15.8. The Balaban J connectivity index is 1.76. The number of fused-ring (bicyclic) bond motifs is 1. The Hall–Kier alpha value is -3.34. The van der Waals surface area contributed by atoms with Crippen LogP contribution in [0.25, 0.3) is 11.1 Å². The molecular weight excluding hydrogens is 352 g/mol. The van der Waals surface area contributed by atoms with Crippen molar-refractivity contribution in [2.45, 2.75) is 26.4 Å². The Morgan fingerprint density at radius 2 is 1.82 bits per heavy atom. The van der Waals surface area contributed by atoms with Gasteiger partial charge in [-0.15, -0.1) is 0 Å². The van der Waals surface area contributed by atoms with E-state index in [1.807, 2.05) is 55.6 Å². The van der Waals surface area contributed by atoms with E-state index >= 15 is 0 Å². The standard InChI is InChI=1S/C23H22N2O3/c1-15-10-19(13-25(2)23(15)27)18-11-17-8-9-21(26)24-22(17)20(12-18)28-14-16-6-4-3-5-7-16/h3-7,10-13H,8-9,14H2,1-2H3,(H,24,26). The van der Waals surface area contributed by atoms with E-state index in [4.69, 9.17) is 4.74 Å². The molecule has 4 rings (SSSR count). The van der Waals surface area contributed by atoms with Crippen molar-refractivity contribution in [2.75, 3.05) is 5.32 Å². The van der Waals surface area contributed by atoms with Gasteiger partial charge in [-0.2, -0.15) is 0 Å². The molecule has 3 aromatic rings. The van der Waals surface area contributed by atoms with E-state index in [-0.39, 0.29) is 11.5 Å². The van der Waals surface area contributed by atoms with Crippen LogP contribution < -0.4 is 15.6 Å². The van der Waals surface area contributed by atoms with Crippen molar-refractivity contribution < 1.29 is 9.53 Å². The van der Waals surface area contributed by atoms with Crippen LogP contribution in [0, 0.1) is 6.92 Å². The number of carbonyl (C=O) groups excluding carboxylic acids is 1. The summed E-state index contributed by atoms with van der Waals surface area (Å²) in [5, 5.41) is 2.96. The van der Waals surface area contributed by atoms with Crippen LogP contribution in [0.4, 0.5) is 5.69 Å². The molecule has 0 saturated heterocycles. The summed E-state index contributed by atoms with van der Waals surface area (Å²) < 4.78 is 7.70. The Kier molecular flexibility index (Phi) is 4.74. The molecular formula is C23H22N2O3. The van der Waals surface area contributed by atoms with E-state index in [1.54, 1.807) is 11.6 Å². The summed E-state index contributed by atoms with van der Waals surface area (Å²) in [6.45, 7) is 2.23. The fourth-order valence-corrected chi connectivity index (χ4v) is 3.51. The predicted octanol–water partition coefficient (Wildman–Crippen LogP) is 3.82. The molecule has 2 aromatic carbocycles. The van der Waals surface area contributed by atoms with E-state index < -0.39 is 0 Å². The van der Waals surface area contributed by atoms with Gasteiger partial charge in [0, 0.05) is 25.2 Å². The molecule has 0 spiro atoms. The van der Waals surface area contributed by atoms with Gasteiger partial charge >= 0.3 is 0 Å². The molecule has 1 aromatic heterocycles. The number of benzene rings is 2. The first-order valence-electron chi connectivity index (χ1n) is 9.32. The summed E-state index contributed by atoms with van der Waals surface area (Å²) in [5.74, 6) is 0.652. The van der Waals surface area contributed by atoms with Gasteiger partial charge in [-0.3, -0.25) is 9.59 Å². The first kappa shape index (κ1) is 18.0. The Labute approximate surface area is 163 Å². The van der Waals surface area contributed by atoms with Crippen molar-refractivity contribution in [3.63, 3.8) is 0 Å². The van der Waals surface area contributed by atoms with Crippen LogP contribution in [-0.2, 0) is 24.9 Å². The van der Waals surface area contributed by atoms with Crippen LogP contribution in [0.3, 0.4) is 0 Å². The van der Waals surface area contributed by atoms with Crippen LogP contribution in [0.5, 0.6) is 5.75 Å². The molecule has 142 valence electrons. The third-order valence-corrected chi connectivity index (χ3v) is 5.00. The molecule has 5 heteroatoms. The van der Waals surface area contributed by atoms with Crippen LogP contribution in [-0.4, -0.2) is 10.5 Å². The second-order valence-electron chi connectivity index (χ2n) is 7.16. The zero-order valence-corrected chi connectivity index (χ0v) is 16.0. The summed E-state index contributed by atoms with van der Waals surface area (Å²) >= 11 is 0. The predicted molar refractivity (Wildman–Crippen MR) is 110 cm³/mol. The lowest BCUT2D eigenvalue weighted by molar-refractivity contribution is -0.116. The van der Waals surface area contributed by atoms with Crippen molar-refractivity contribution in [1.29, 1.82) is 0 Å². The van der Waals surface area contributed by atoms with Crippen molar-refractivity contribution in [3.8, 4) is 16.9 Å². The lowest BCUT2D eigenvalue weighted by Crippen LogP contribution is -2.20. The maximum Gasteiger partial charge on any atom is 0.253 e. The molecule has 0 saturated carbocycles. The van der Waals surface area contributed by atoms with Gasteiger partial charge in [0.25, 0.3) is 5.56 Å². The number of ether oxygens (including phenoxy) is 1. The molecule has 0 bridgehead atoms. The minimum absolute atomic E-state index is 0.00256. The highest BCUT2D eigenvalue weighted by molar-refractivity contribution is 5.96. The number of aromatic nitrogens is 1. The molecule has 0 aliphatic carbocycles. The molecule has 0 unspecified atom stereocenters. The molecule has 0 fully saturated rings. The van der Waals surface area contributed by atoms with Gasteiger partial charge in [-0.25, -0.2) is 0 Å². The lowest BCUT2D eigenvalue weighted by Gasteiger charge is -2.22. The largest absolute Gasteiger partial charge is 0.487 e. The van der Waals surface area contributed by atoms with Gasteiger partial charge in [-0.05, 0) is 53.8 Å². The molecule has 5 nitrogen and oxygen atoms in total. The minimum atomic E-state index is -0.00507. The van der Waals surface area contributed by atoms with Crippen molar-refractivity contribution in [3.05, 3.63) is 81.8 Å². The molecule has 1 aliphatic rings. The van der Waals surface area contributed by atoms with Crippen molar-refractivity contribution in [2.24, 2.45) is 7.05 Å². The number of rotatable bonds is 4. The molecule has 1 amide bonds. The average Bonchev–Trinajstić information content (AvgIpc) is 2.70. The summed E-state index contributed by atoms with van der Waals surface area (Å²) in [5.41, 5.74) is 5.46. The van der Waals surface area contributed by atoms with Crippen LogP contribution in [0.2, 0.25) is 0 Å². The third kappa shape index (κ3) is 3.56. The van der Waals surface area contributed by atoms with Gasteiger partial charge in [0.2, 0.25) is 5.91 Å². The van der Waals surface area contributed by atoms with E-state index in [9.17, 15) is 9.59 Å². The molecule has 1 N–H and O–H groups in total. The fraction of sp³-hybridized carbons (Fsp3) is 0.217. The topological polar surface area (TPSA) is 60.3 Å². The summed E-state index contributed by atoms with van der Waals surface area (Å²) in [7, 11) is 1.75. The zero-order valence-electron chi connectivity index (χ0n) is 16.0. The molecule has 28 heavy (non-hydrogen) atoms. The second-order valence-corrected chi connectivity index (χ2v) is 7.16. The van der Waals surface area contributed by atoms with E-state index in [2.05, 4.69) is 11.4 Å². The second kappa shape index (κ2) is 7.35. The first-order chi connectivity index (χ1) is 13.5. The number of nitrogens with one attached hydrogen (secondary N) is 1. The third-order valence-electron chi connectivity index (χ3n) is 5.00. The molecule has 2 heterocycles. The van der Waals surface area contributed by atoms with E-state index in [0.717, 1.165) is 27.9 Å². The van der Waals surface area contributed by atoms with Gasteiger partial charge in [0.15, 0.2) is 0 Å². The number of hydrogen-bond donors (Lipinski definition) is 1. The quantitative estimate of drug-likeness (QED) is 0.755. The Bertz CT molecular complexity index is 1070. The van der Waals surface area contributed by atoms with Crippen molar-refractivity contribution in [1.82, 2.24) is 4.57 Å². The SMILES string of the molecule is Cc1cc(-c2cc3c(c(OCc4ccccc4)c2)NC(=O)CC3)cn(C)c1=O. The minimum Gasteiger partial charge on any atom is -0.487 e. The van der Waals surface area contributed by atoms with E-state index in [1.165, 1.54) is 0 Å². The van der Waals surface area contributed by atoms with Crippen molar-refractivity contribution >= 4 is 11.6 Å². The number of nitrogens with zero attached hydrogens (tertiary/aromatic N) is 1. The number of amides is 1. The molecule has 0 radical (unpaired) electrons. The van der Waals surface area contributed by atoms with Gasteiger partial charge in [0.05, 0.1) is 5.69 Å². The maximum absolute atomic E-state index is 12.0. The highest BCUT2D eigenvalue weighted by Gasteiger charge is 2.21. The highest BCUT2D eigenvalue weighted by atomic mass is 16.5. The van der Waals surface area contributed by atoms with Gasteiger partial charge < -0.3 is 14.6 Å². The van der Waals surface area contributed by atoms with Crippen LogP contribution >= 0.6 is 0 Å². The number of carbonyl (C=O) groups is 1. The fourth-order valence-electron chi connectivity index (χ4n) is 3.51. The normalized spacial score (nSPS) is 13.0. The number of pyridine rings is 1. The van der Waals surface area contributed by atoms with Crippen LogP contribution in [0.1, 0.15) is 23.1 Å². The summed E-state index contributed by atoms with van der Waals surface area (Å²) in [6.07, 6.45) is 2.96. The number of aryl methyl sites for hydroxylation is 3. The van der Waals surface area contributed by atoms with Gasteiger partial charge in [0.1, 0.15) is 12.4 Å². The molecule has 1 aliphatic heterocycles. The van der Waals surface area contributed by atoms with Crippen LogP contribution in [0.15, 0.2) is 59.5 Å². The average molecular weight is 374 g/mol. The monoisotopic (exact) mass is 374 g/mol. The number of hydrogen-bond acceptors (Lipinski definition) is 3. The summed E-state index contributed by atoms with van der Waals surface area (Å²) in [4.78, 5) is 24.0. The first-order valence-corrected chi connectivity index (χ1v) is 9.32.